The van der Waals surface area contributed by atoms with Crippen LogP contribution in [0.25, 0.3) is 0 Å². The van der Waals surface area contributed by atoms with Crippen molar-refractivity contribution in [1.82, 2.24) is 0 Å². The van der Waals surface area contributed by atoms with E-state index in [0.29, 0.717) is 11.0 Å². The quantitative estimate of drug-likeness (QED) is 0.452. The third-order valence-corrected chi connectivity index (χ3v) is 1.90. The summed E-state index contributed by atoms with van der Waals surface area (Å²) in [4.78, 5) is 21.9. The molecule has 0 radical (unpaired) electrons. The van der Waals surface area contributed by atoms with Crippen molar-refractivity contribution in [1.29, 1.82) is 0 Å². The molecule has 0 rings (SSSR count). The van der Waals surface area contributed by atoms with Gasteiger partial charge in [-0.05, 0) is 0 Å². The molecule has 0 aromatic carbocycles. The van der Waals surface area contributed by atoms with Crippen LogP contribution >= 0.6 is 0 Å². The second kappa shape index (κ2) is 5.84. The van der Waals surface area contributed by atoms with Gasteiger partial charge in [0.25, 0.3) is 0 Å². The number of carboxylic acid groups (broad SMARTS) is 1. The average Bonchev–Trinajstić information content (AvgIpc) is 1.98. The van der Waals surface area contributed by atoms with Gasteiger partial charge in [-0.1, -0.05) is 13.8 Å². The standard InChI is InChI=1S/C11H21NO4/c1-8(2)11(15)16-9(6-10(13)14)7-12(3,4)5/h8-9H,6-7H2,1-5H3. The Balaban J connectivity index is 4.43. The van der Waals surface area contributed by atoms with Crippen LogP contribution < -0.4 is 5.11 Å². The van der Waals surface area contributed by atoms with Crippen molar-refractivity contribution in [3.05, 3.63) is 0 Å². The Morgan fingerprint density at radius 2 is 1.75 bits per heavy atom. The molecule has 0 saturated heterocycles. The zero-order chi connectivity index (χ0) is 12.9. The van der Waals surface area contributed by atoms with Gasteiger partial charge in [0.2, 0.25) is 0 Å². The van der Waals surface area contributed by atoms with Crippen LogP contribution in [0.15, 0.2) is 0 Å². The number of quaternary nitrogens is 1. The highest BCUT2D eigenvalue weighted by Gasteiger charge is 2.23. The minimum absolute atomic E-state index is 0.253. The predicted molar refractivity (Wildman–Crippen MR) is 57.2 cm³/mol. The zero-order valence-corrected chi connectivity index (χ0v) is 10.6. The molecule has 0 aliphatic rings. The Hall–Kier alpha value is -1.10. The lowest BCUT2D eigenvalue weighted by Gasteiger charge is -2.29. The molecule has 0 heterocycles. The Labute approximate surface area is 96.6 Å². The van der Waals surface area contributed by atoms with E-state index in [2.05, 4.69) is 0 Å². The van der Waals surface area contributed by atoms with E-state index in [4.69, 9.17) is 4.74 Å². The number of ether oxygens (including phenoxy) is 1. The third-order valence-electron chi connectivity index (χ3n) is 1.90. The molecule has 0 amide bonds. The van der Waals surface area contributed by atoms with Gasteiger partial charge >= 0.3 is 5.97 Å². The molecule has 0 fully saturated rings. The summed E-state index contributed by atoms with van der Waals surface area (Å²) >= 11 is 0. The van der Waals surface area contributed by atoms with Gasteiger partial charge in [-0.2, -0.15) is 0 Å². The molecular formula is C11H21NO4. The number of rotatable bonds is 6. The Kier molecular flexibility index (Phi) is 5.44. The highest BCUT2D eigenvalue weighted by Crippen LogP contribution is 2.07. The predicted octanol–water partition coefficient (Wildman–Crippen LogP) is -0.600. The smallest absolute Gasteiger partial charge is 0.308 e. The normalized spacial score (nSPS) is 13.6. The Morgan fingerprint density at radius 3 is 2.06 bits per heavy atom. The van der Waals surface area contributed by atoms with Gasteiger partial charge in [-0.3, -0.25) is 4.79 Å². The minimum atomic E-state index is -1.20. The van der Waals surface area contributed by atoms with E-state index in [1.54, 1.807) is 13.8 Å². The fourth-order valence-corrected chi connectivity index (χ4v) is 1.24. The average molecular weight is 231 g/mol. The van der Waals surface area contributed by atoms with Crippen molar-refractivity contribution in [2.45, 2.75) is 26.4 Å². The number of carbonyl (C=O) groups excluding carboxylic acids is 2. The lowest BCUT2D eigenvalue weighted by atomic mass is 10.2. The van der Waals surface area contributed by atoms with E-state index < -0.39 is 12.1 Å². The molecule has 0 spiro atoms. The largest absolute Gasteiger partial charge is 0.550 e. The van der Waals surface area contributed by atoms with Crippen LogP contribution in [0, 0.1) is 5.92 Å². The highest BCUT2D eigenvalue weighted by molar-refractivity contribution is 5.72. The maximum absolute atomic E-state index is 11.4. The van der Waals surface area contributed by atoms with Crippen LogP contribution in [0.1, 0.15) is 20.3 Å². The molecule has 5 nitrogen and oxygen atoms in total. The SMILES string of the molecule is CC(C)C(=O)OC(CC(=O)[O-])C[N+](C)(C)C. The lowest BCUT2D eigenvalue weighted by molar-refractivity contribution is -0.873. The molecule has 94 valence electrons. The molecular weight excluding hydrogens is 210 g/mol. The Bertz CT molecular complexity index is 255. The molecule has 0 aromatic heterocycles. The van der Waals surface area contributed by atoms with Gasteiger partial charge in [0.15, 0.2) is 6.10 Å². The first-order chi connectivity index (χ1) is 7.11. The van der Waals surface area contributed by atoms with Crippen LogP contribution in [0.2, 0.25) is 0 Å². The van der Waals surface area contributed by atoms with E-state index in [9.17, 15) is 14.7 Å². The lowest BCUT2D eigenvalue weighted by Crippen LogP contribution is -2.45. The van der Waals surface area contributed by atoms with Gasteiger partial charge in [0, 0.05) is 12.4 Å². The molecule has 1 unspecified atom stereocenters. The van der Waals surface area contributed by atoms with Crippen molar-refractivity contribution in [2.24, 2.45) is 5.92 Å². The summed E-state index contributed by atoms with van der Waals surface area (Å²) in [6, 6.07) is 0. The summed E-state index contributed by atoms with van der Waals surface area (Å²) < 4.78 is 5.65. The van der Waals surface area contributed by atoms with Crippen molar-refractivity contribution in [2.75, 3.05) is 27.7 Å². The van der Waals surface area contributed by atoms with E-state index in [0.717, 1.165) is 0 Å². The van der Waals surface area contributed by atoms with Gasteiger partial charge in [-0.15, -0.1) is 0 Å². The minimum Gasteiger partial charge on any atom is -0.550 e. The molecule has 5 heteroatoms. The van der Waals surface area contributed by atoms with Gasteiger partial charge in [-0.25, -0.2) is 0 Å². The number of carbonyl (C=O) groups is 2. The summed E-state index contributed by atoms with van der Waals surface area (Å²) in [6.07, 6.45) is -0.881. The van der Waals surface area contributed by atoms with E-state index in [1.807, 2.05) is 21.1 Å². The number of nitrogens with zero attached hydrogens (tertiary/aromatic N) is 1. The fourth-order valence-electron chi connectivity index (χ4n) is 1.24. The highest BCUT2D eigenvalue weighted by atomic mass is 16.5. The van der Waals surface area contributed by atoms with Gasteiger partial charge in [0.05, 0.1) is 27.1 Å². The van der Waals surface area contributed by atoms with Crippen molar-refractivity contribution < 1.29 is 23.9 Å². The van der Waals surface area contributed by atoms with Crippen molar-refractivity contribution >= 4 is 11.9 Å². The molecule has 0 aliphatic carbocycles. The summed E-state index contributed by atoms with van der Waals surface area (Å²) in [5.74, 6) is -1.83. The van der Waals surface area contributed by atoms with E-state index >= 15 is 0 Å². The maximum Gasteiger partial charge on any atom is 0.308 e. The van der Waals surface area contributed by atoms with E-state index in [1.165, 1.54) is 0 Å². The molecule has 1 atom stereocenters. The summed E-state index contributed by atoms with van der Waals surface area (Å²) in [6.45, 7) is 3.88. The molecule has 16 heavy (non-hydrogen) atoms. The fraction of sp³-hybridized carbons (Fsp3) is 0.818. The van der Waals surface area contributed by atoms with Crippen LogP contribution in [-0.4, -0.2) is 50.2 Å². The summed E-state index contributed by atoms with van der Waals surface area (Å²) in [5.41, 5.74) is 0. The second-order valence-electron chi connectivity index (χ2n) is 5.26. The molecule has 0 N–H and O–H groups in total. The number of hydrogen-bond donors (Lipinski definition) is 0. The summed E-state index contributed by atoms with van der Waals surface area (Å²) in [7, 11) is 5.72. The van der Waals surface area contributed by atoms with Crippen LogP contribution in [-0.2, 0) is 14.3 Å². The van der Waals surface area contributed by atoms with Crippen molar-refractivity contribution in [3.63, 3.8) is 0 Å². The van der Waals surface area contributed by atoms with Crippen molar-refractivity contribution in [3.8, 4) is 0 Å². The second-order valence-corrected chi connectivity index (χ2v) is 5.26. The van der Waals surface area contributed by atoms with Crippen LogP contribution in [0.3, 0.4) is 0 Å². The molecule has 0 bridgehead atoms. The maximum atomic E-state index is 11.4. The monoisotopic (exact) mass is 231 g/mol. The van der Waals surface area contributed by atoms with Crippen LogP contribution in [0.5, 0.6) is 0 Å². The molecule has 0 saturated carbocycles. The first kappa shape index (κ1) is 14.9. The molecule has 0 aliphatic heterocycles. The zero-order valence-electron chi connectivity index (χ0n) is 10.6. The third kappa shape index (κ3) is 7.23. The molecule has 0 aromatic rings. The van der Waals surface area contributed by atoms with Gasteiger partial charge < -0.3 is 19.1 Å². The number of likely N-dealkylation sites (N-methyl/N-ethyl adjacent to an activating group) is 1. The Morgan fingerprint density at radius 1 is 1.25 bits per heavy atom. The number of hydrogen-bond acceptors (Lipinski definition) is 4. The number of esters is 1. The van der Waals surface area contributed by atoms with E-state index in [-0.39, 0.29) is 18.3 Å². The first-order valence-corrected chi connectivity index (χ1v) is 5.32. The number of carboxylic acids is 1. The summed E-state index contributed by atoms with van der Waals surface area (Å²) in [5, 5.41) is 10.5. The topological polar surface area (TPSA) is 66.4 Å². The number of aliphatic carboxylic acids is 1. The first-order valence-electron chi connectivity index (χ1n) is 5.32. The van der Waals surface area contributed by atoms with Gasteiger partial charge in [0.1, 0.15) is 6.54 Å². The van der Waals surface area contributed by atoms with Crippen LogP contribution in [0.4, 0.5) is 0 Å².